The van der Waals surface area contributed by atoms with Crippen molar-refractivity contribution in [2.45, 2.75) is 25.6 Å². The predicted octanol–water partition coefficient (Wildman–Crippen LogP) is 1.27. The Morgan fingerprint density at radius 3 is 2.78 bits per heavy atom. The molecule has 0 bridgehead atoms. The summed E-state index contributed by atoms with van der Waals surface area (Å²) in [6.07, 6.45) is -2.88. The molecule has 1 aromatic rings. The maximum absolute atomic E-state index is 11.2. The first-order valence-corrected chi connectivity index (χ1v) is 5.90. The quantitative estimate of drug-likeness (QED) is 0.555. The van der Waals surface area contributed by atoms with Crippen LogP contribution in [0.5, 0.6) is 0 Å². The van der Waals surface area contributed by atoms with Crippen molar-refractivity contribution in [1.29, 1.82) is 0 Å². The molecule has 1 aromatic carbocycles. The third-order valence-electron chi connectivity index (χ3n) is 2.38. The largest absolute Gasteiger partial charge is 0.466 e. The van der Waals surface area contributed by atoms with E-state index < -0.39 is 18.2 Å². The lowest BCUT2D eigenvalue weighted by molar-refractivity contribution is -0.147. The van der Waals surface area contributed by atoms with Crippen molar-refractivity contribution in [3.05, 3.63) is 28.8 Å². The standard InChI is InChI=1S/C12H16ClNO4/c1-2-18-11(16)6-10(15)12(17)8-5-7(14)3-4-9(8)13/h3-5,10,12,15,17H,2,6,14H2,1H3. The molecule has 1 rings (SSSR count). The molecule has 0 radical (unpaired) electrons. The number of nitrogens with two attached hydrogens (primary N) is 1. The summed E-state index contributed by atoms with van der Waals surface area (Å²) in [6.45, 7) is 1.89. The molecule has 0 spiro atoms. The van der Waals surface area contributed by atoms with Crippen LogP contribution in [0.25, 0.3) is 0 Å². The van der Waals surface area contributed by atoms with Crippen molar-refractivity contribution < 1.29 is 19.7 Å². The number of benzene rings is 1. The summed E-state index contributed by atoms with van der Waals surface area (Å²) in [5.41, 5.74) is 6.27. The molecule has 0 amide bonds. The predicted molar refractivity (Wildman–Crippen MR) is 68.1 cm³/mol. The van der Waals surface area contributed by atoms with Gasteiger partial charge in [0, 0.05) is 16.3 Å². The van der Waals surface area contributed by atoms with Gasteiger partial charge in [-0.15, -0.1) is 0 Å². The highest BCUT2D eigenvalue weighted by Crippen LogP contribution is 2.28. The van der Waals surface area contributed by atoms with Gasteiger partial charge < -0.3 is 20.7 Å². The van der Waals surface area contributed by atoms with Crippen LogP contribution in [-0.4, -0.2) is 28.9 Å². The number of esters is 1. The zero-order chi connectivity index (χ0) is 13.7. The number of ether oxygens (including phenoxy) is 1. The van der Waals surface area contributed by atoms with Gasteiger partial charge in [0.1, 0.15) is 6.10 Å². The number of nitrogen functional groups attached to an aromatic ring is 1. The van der Waals surface area contributed by atoms with Gasteiger partial charge in [0.05, 0.1) is 19.1 Å². The summed E-state index contributed by atoms with van der Waals surface area (Å²) in [6, 6.07) is 4.56. The molecule has 0 heterocycles. The van der Waals surface area contributed by atoms with E-state index in [0.29, 0.717) is 5.69 Å². The second-order valence-corrected chi connectivity index (χ2v) is 4.21. The van der Waals surface area contributed by atoms with Gasteiger partial charge in [0.15, 0.2) is 0 Å². The maximum atomic E-state index is 11.2. The lowest BCUT2D eigenvalue weighted by Crippen LogP contribution is -2.23. The van der Waals surface area contributed by atoms with Crippen LogP contribution in [0.1, 0.15) is 25.0 Å². The van der Waals surface area contributed by atoms with Gasteiger partial charge in [-0.05, 0) is 25.1 Å². The minimum atomic E-state index is -1.29. The van der Waals surface area contributed by atoms with Gasteiger partial charge >= 0.3 is 5.97 Å². The SMILES string of the molecule is CCOC(=O)CC(O)C(O)c1cc(N)ccc1Cl. The van der Waals surface area contributed by atoms with Crippen LogP contribution < -0.4 is 5.73 Å². The fourth-order valence-electron chi connectivity index (χ4n) is 1.50. The maximum Gasteiger partial charge on any atom is 0.308 e. The van der Waals surface area contributed by atoms with Gasteiger partial charge in [-0.1, -0.05) is 11.6 Å². The molecule has 5 nitrogen and oxygen atoms in total. The Labute approximate surface area is 110 Å². The first-order chi connectivity index (χ1) is 8.45. The Morgan fingerprint density at radius 2 is 2.17 bits per heavy atom. The zero-order valence-electron chi connectivity index (χ0n) is 9.97. The number of aliphatic hydroxyl groups is 2. The third-order valence-corrected chi connectivity index (χ3v) is 2.73. The van der Waals surface area contributed by atoms with Crippen molar-refractivity contribution in [1.82, 2.24) is 0 Å². The monoisotopic (exact) mass is 273 g/mol. The first kappa shape index (κ1) is 14.8. The summed E-state index contributed by atoms with van der Waals surface area (Å²) < 4.78 is 4.68. The number of carbonyl (C=O) groups excluding carboxylic acids is 1. The Bertz CT molecular complexity index is 425. The molecule has 0 aliphatic heterocycles. The van der Waals surface area contributed by atoms with E-state index in [4.69, 9.17) is 17.3 Å². The second-order valence-electron chi connectivity index (χ2n) is 3.80. The van der Waals surface area contributed by atoms with E-state index in [-0.39, 0.29) is 23.6 Å². The van der Waals surface area contributed by atoms with E-state index in [1.54, 1.807) is 13.0 Å². The molecule has 6 heteroatoms. The van der Waals surface area contributed by atoms with Crippen LogP contribution in [0.2, 0.25) is 5.02 Å². The van der Waals surface area contributed by atoms with Crippen LogP contribution in [0.15, 0.2) is 18.2 Å². The normalized spacial score (nSPS) is 14.0. The first-order valence-electron chi connectivity index (χ1n) is 5.52. The summed E-state index contributed by atoms with van der Waals surface area (Å²) in [4.78, 5) is 11.2. The van der Waals surface area contributed by atoms with Gasteiger partial charge in [0.25, 0.3) is 0 Å². The van der Waals surface area contributed by atoms with Crippen molar-refractivity contribution in [2.75, 3.05) is 12.3 Å². The molecule has 0 saturated carbocycles. The Morgan fingerprint density at radius 1 is 1.50 bits per heavy atom. The molecule has 0 aliphatic rings. The molecular weight excluding hydrogens is 258 g/mol. The molecular formula is C12H16ClNO4. The number of rotatable bonds is 5. The zero-order valence-corrected chi connectivity index (χ0v) is 10.7. The van der Waals surface area contributed by atoms with Gasteiger partial charge in [-0.3, -0.25) is 4.79 Å². The van der Waals surface area contributed by atoms with Crippen molar-refractivity contribution in [2.24, 2.45) is 0 Å². The Kier molecular flexibility index (Phi) is 5.40. The van der Waals surface area contributed by atoms with Crippen LogP contribution >= 0.6 is 11.6 Å². The van der Waals surface area contributed by atoms with Crippen LogP contribution in [0.3, 0.4) is 0 Å². The topological polar surface area (TPSA) is 92.8 Å². The average molecular weight is 274 g/mol. The summed E-state index contributed by atoms with van der Waals surface area (Å²) >= 11 is 5.89. The van der Waals surface area contributed by atoms with Crippen LogP contribution in [0, 0.1) is 0 Å². The summed E-state index contributed by atoms with van der Waals surface area (Å²) in [5.74, 6) is -0.580. The van der Waals surface area contributed by atoms with Crippen molar-refractivity contribution in [3.63, 3.8) is 0 Å². The smallest absolute Gasteiger partial charge is 0.308 e. The van der Waals surface area contributed by atoms with Gasteiger partial charge in [-0.2, -0.15) is 0 Å². The van der Waals surface area contributed by atoms with Gasteiger partial charge in [-0.25, -0.2) is 0 Å². The third kappa shape index (κ3) is 3.87. The molecule has 0 fully saturated rings. The minimum Gasteiger partial charge on any atom is -0.466 e. The van der Waals surface area contributed by atoms with Crippen LogP contribution in [0.4, 0.5) is 5.69 Å². The van der Waals surface area contributed by atoms with E-state index in [9.17, 15) is 15.0 Å². The average Bonchev–Trinajstić information content (AvgIpc) is 2.31. The lowest BCUT2D eigenvalue weighted by atomic mass is 10.0. The number of halogens is 1. The molecule has 0 aliphatic carbocycles. The minimum absolute atomic E-state index is 0.223. The molecule has 18 heavy (non-hydrogen) atoms. The summed E-state index contributed by atoms with van der Waals surface area (Å²) in [5, 5.41) is 19.9. The highest BCUT2D eigenvalue weighted by Gasteiger charge is 2.24. The highest BCUT2D eigenvalue weighted by atomic mass is 35.5. The van der Waals surface area contributed by atoms with Crippen molar-refractivity contribution >= 4 is 23.3 Å². The molecule has 4 N–H and O–H groups in total. The van der Waals surface area contributed by atoms with Gasteiger partial charge in [0.2, 0.25) is 0 Å². The van der Waals surface area contributed by atoms with E-state index in [2.05, 4.69) is 4.74 Å². The number of carbonyl (C=O) groups is 1. The molecule has 0 aromatic heterocycles. The van der Waals surface area contributed by atoms with Crippen molar-refractivity contribution in [3.8, 4) is 0 Å². The summed E-state index contributed by atoms with van der Waals surface area (Å²) in [7, 11) is 0. The Hall–Kier alpha value is -1.30. The number of hydrogen-bond donors (Lipinski definition) is 3. The van der Waals surface area contributed by atoms with E-state index in [1.165, 1.54) is 12.1 Å². The fourth-order valence-corrected chi connectivity index (χ4v) is 1.73. The fraction of sp³-hybridized carbons (Fsp3) is 0.417. The molecule has 100 valence electrons. The molecule has 2 unspecified atom stereocenters. The van der Waals surface area contributed by atoms with E-state index in [1.807, 2.05) is 0 Å². The van der Waals surface area contributed by atoms with E-state index >= 15 is 0 Å². The number of hydrogen-bond acceptors (Lipinski definition) is 5. The number of aliphatic hydroxyl groups excluding tert-OH is 2. The second kappa shape index (κ2) is 6.58. The molecule has 0 saturated heterocycles. The lowest BCUT2D eigenvalue weighted by Gasteiger charge is -2.18. The van der Waals surface area contributed by atoms with E-state index in [0.717, 1.165) is 0 Å². The highest BCUT2D eigenvalue weighted by molar-refractivity contribution is 6.31. The van der Waals surface area contributed by atoms with Crippen LogP contribution in [-0.2, 0) is 9.53 Å². The number of anilines is 1. The Balaban J connectivity index is 2.76. The molecule has 2 atom stereocenters.